The predicted octanol–water partition coefficient (Wildman–Crippen LogP) is 1.25. The Bertz CT molecular complexity index is 614. The molecule has 0 aliphatic carbocycles. The summed E-state index contributed by atoms with van der Waals surface area (Å²) in [4.78, 5) is 18.2. The number of ether oxygens (including phenoxy) is 3. The third-order valence-electron chi connectivity index (χ3n) is 5.25. The summed E-state index contributed by atoms with van der Waals surface area (Å²) in [5.74, 6) is -0.153. The smallest absolute Gasteiger partial charge is 0.250 e. The van der Waals surface area contributed by atoms with Crippen molar-refractivity contribution in [3.63, 3.8) is 0 Å². The highest BCUT2D eigenvalue weighted by atomic mass is 19.1. The molecule has 2 atom stereocenters. The number of carbonyl (C=O) groups excluding carboxylic acids is 1. The van der Waals surface area contributed by atoms with Gasteiger partial charge in [-0.2, -0.15) is 0 Å². The molecule has 4 rings (SSSR count). The van der Waals surface area contributed by atoms with Crippen LogP contribution >= 0.6 is 0 Å². The van der Waals surface area contributed by atoms with Gasteiger partial charge in [-0.3, -0.25) is 4.79 Å². The topological polar surface area (TPSA) is 60.9 Å². The number of rotatable bonds is 4. The highest BCUT2D eigenvalue weighted by molar-refractivity contribution is 5.80. The summed E-state index contributed by atoms with van der Waals surface area (Å²) >= 11 is 0. The molecule has 0 radical (unpaired) electrons. The summed E-state index contributed by atoms with van der Waals surface area (Å²) in [5.41, 5.74) is -0.347. The van der Waals surface area contributed by atoms with E-state index in [1.54, 1.807) is 0 Å². The minimum absolute atomic E-state index is 0.0129. The van der Waals surface area contributed by atoms with Crippen molar-refractivity contribution in [1.29, 1.82) is 0 Å². The zero-order valence-electron chi connectivity index (χ0n) is 13.4. The number of likely N-dealkylation sites (tertiary alicyclic amines) is 1. The van der Waals surface area contributed by atoms with Crippen LogP contribution in [0, 0.1) is 17.7 Å². The summed E-state index contributed by atoms with van der Waals surface area (Å²) in [6, 6.07) is 2.86. The van der Waals surface area contributed by atoms with Crippen molar-refractivity contribution in [2.24, 2.45) is 11.8 Å². The molecule has 3 saturated heterocycles. The first-order valence-electron chi connectivity index (χ1n) is 8.42. The minimum Gasteiger partial charge on any atom is -0.475 e. The monoisotopic (exact) mass is 336 g/mol. The molecule has 1 spiro atoms. The number of hydrogen-bond donors (Lipinski definition) is 0. The van der Waals surface area contributed by atoms with Gasteiger partial charge in [0.1, 0.15) is 5.60 Å². The molecule has 4 heterocycles. The maximum Gasteiger partial charge on any atom is 0.250 e. The zero-order chi connectivity index (χ0) is 16.6. The molecule has 0 unspecified atom stereocenters. The highest BCUT2D eigenvalue weighted by Gasteiger charge is 2.55. The second-order valence-electron chi connectivity index (χ2n) is 6.76. The molecule has 7 heteroatoms. The van der Waals surface area contributed by atoms with Crippen LogP contribution in [-0.4, -0.2) is 60.9 Å². The van der Waals surface area contributed by atoms with E-state index in [2.05, 4.69) is 4.98 Å². The summed E-state index contributed by atoms with van der Waals surface area (Å²) < 4.78 is 30.4. The van der Waals surface area contributed by atoms with Gasteiger partial charge >= 0.3 is 0 Å². The van der Waals surface area contributed by atoms with E-state index < -0.39 is 5.82 Å². The van der Waals surface area contributed by atoms with Crippen LogP contribution in [0.1, 0.15) is 12.8 Å². The van der Waals surface area contributed by atoms with Crippen LogP contribution in [0.15, 0.2) is 18.3 Å². The lowest BCUT2D eigenvalue weighted by Gasteiger charge is -2.50. The lowest BCUT2D eigenvalue weighted by Crippen LogP contribution is -2.67. The fourth-order valence-corrected chi connectivity index (χ4v) is 3.77. The van der Waals surface area contributed by atoms with Crippen LogP contribution in [0.5, 0.6) is 5.88 Å². The van der Waals surface area contributed by atoms with Gasteiger partial charge in [0.2, 0.25) is 11.8 Å². The first-order chi connectivity index (χ1) is 11.7. The molecular formula is C17H21FN2O4. The molecule has 0 aromatic carbocycles. The van der Waals surface area contributed by atoms with E-state index in [4.69, 9.17) is 14.2 Å². The van der Waals surface area contributed by atoms with E-state index in [0.717, 1.165) is 12.8 Å². The molecule has 1 aromatic heterocycles. The Labute approximate surface area is 139 Å². The van der Waals surface area contributed by atoms with Crippen molar-refractivity contribution in [3.8, 4) is 5.88 Å². The average molecular weight is 336 g/mol. The van der Waals surface area contributed by atoms with Crippen LogP contribution in [0.3, 0.4) is 0 Å². The minimum atomic E-state index is -0.461. The number of pyridine rings is 1. The summed E-state index contributed by atoms with van der Waals surface area (Å²) in [5, 5.41) is 0. The fraction of sp³-hybridized carbons (Fsp3) is 0.647. The van der Waals surface area contributed by atoms with Crippen LogP contribution in [0.4, 0.5) is 4.39 Å². The fourth-order valence-electron chi connectivity index (χ4n) is 3.77. The van der Waals surface area contributed by atoms with Crippen molar-refractivity contribution in [2.75, 3.05) is 39.5 Å². The quantitative estimate of drug-likeness (QED) is 0.828. The van der Waals surface area contributed by atoms with Gasteiger partial charge in [0, 0.05) is 25.3 Å². The Morgan fingerprint density at radius 1 is 1.42 bits per heavy atom. The van der Waals surface area contributed by atoms with Crippen molar-refractivity contribution in [2.45, 2.75) is 18.4 Å². The van der Waals surface area contributed by atoms with Crippen molar-refractivity contribution in [1.82, 2.24) is 9.88 Å². The number of amides is 1. The van der Waals surface area contributed by atoms with Gasteiger partial charge in [-0.25, -0.2) is 9.37 Å². The molecule has 24 heavy (non-hydrogen) atoms. The number of aromatic nitrogens is 1. The Kier molecular flexibility index (Phi) is 4.14. The summed E-state index contributed by atoms with van der Waals surface area (Å²) in [6.07, 6.45) is 3.16. The van der Waals surface area contributed by atoms with Gasteiger partial charge in [-0.1, -0.05) is 0 Å². The Hall–Kier alpha value is -1.73. The summed E-state index contributed by atoms with van der Waals surface area (Å²) in [7, 11) is 0. The molecule has 1 amide bonds. The molecule has 0 bridgehead atoms. The molecule has 1 aromatic rings. The van der Waals surface area contributed by atoms with Crippen LogP contribution in [-0.2, 0) is 14.3 Å². The van der Waals surface area contributed by atoms with Crippen LogP contribution in [0.25, 0.3) is 0 Å². The van der Waals surface area contributed by atoms with Gasteiger partial charge in [-0.15, -0.1) is 0 Å². The van der Waals surface area contributed by atoms with Crippen LogP contribution < -0.4 is 4.74 Å². The largest absolute Gasteiger partial charge is 0.475 e. The molecule has 130 valence electrons. The highest BCUT2D eigenvalue weighted by Crippen LogP contribution is 2.41. The molecule has 3 aliphatic rings. The Morgan fingerprint density at radius 3 is 3.04 bits per heavy atom. The third kappa shape index (κ3) is 2.75. The van der Waals surface area contributed by atoms with Gasteiger partial charge < -0.3 is 19.1 Å². The zero-order valence-corrected chi connectivity index (χ0v) is 13.4. The second kappa shape index (κ2) is 6.29. The van der Waals surface area contributed by atoms with E-state index >= 15 is 0 Å². The van der Waals surface area contributed by atoms with Gasteiger partial charge in [-0.05, 0) is 25.0 Å². The average Bonchev–Trinajstić information content (AvgIpc) is 3.21. The summed E-state index contributed by atoms with van der Waals surface area (Å²) in [6.45, 7) is 3.35. The third-order valence-corrected chi connectivity index (χ3v) is 5.25. The molecule has 3 fully saturated rings. The number of hydrogen-bond acceptors (Lipinski definition) is 5. The van der Waals surface area contributed by atoms with Gasteiger partial charge in [0.25, 0.3) is 0 Å². The lowest BCUT2D eigenvalue weighted by atomic mass is 9.80. The predicted molar refractivity (Wildman–Crippen MR) is 82.0 cm³/mol. The van der Waals surface area contributed by atoms with Gasteiger partial charge in [0.15, 0.2) is 5.82 Å². The first kappa shape index (κ1) is 15.8. The maximum atomic E-state index is 13.6. The van der Waals surface area contributed by atoms with E-state index in [1.807, 2.05) is 4.90 Å². The maximum absolute atomic E-state index is 13.6. The molecular weight excluding hydrogens is 315 g/mol. The lowest BCUT2D eigenvalue weighted by molar-refractivity contribution is -0.170. The number of nitrogens with zero attached hydrogens (tertiary/aromatic N) is 2. The Morgan fingerprint density at radius 2 is 2.29 bits per heavy atom. The Balaban J connectivity index is 1.34. The molecule has 0 saturated carbocycles. The normalized spacial score (nSPS) is 28.1. The first-order valence-corrected chi connectivity index (χ1v) is 8.42. The SMILES string of the molecule is O=C([C@H]1CCOC1)N1CC2(C1)OCC[C@H]2COc1ncccc1F. The number of carbonyl (C=O) groups is 1. The van der Waals surface area contributed by atoms with Gasteiger partial charge in [0.05, 0.1) is 32.2 Å². The van der Waals surface area contributed by atoms with E-state index in [1.165, 1.54) is 18.3 Å². The van der Waals surface area contributed by atoms with Crippen molar-refractivity contribution >= 4 is 5.91 Å². The van der Waals surface area contributed by atoms with E-state index in [9.17, 15) is 9.18 Å². The van der Waals surface area contributed by atoms with E-state index in [-0.39, 0.29) is 29.2 Å². The van der Waals surface area contributed by atoms with Crippen molar-refractivity contribution < 1.29 is 23.4 Å². The van der Waals surface area contributed by atoms with Crippen molar-refractivity contribution in [3.05, 3.63) is 24.1 Å². The molecule has 0 N–H and O–H groups in total. The standard InChI is InChI=1S/C17H21FN2O4/c18-14-2-1-5-19-15(14)23-9-13-4-7-24-17(13)10-20(11-17)16(21)12-3-6-22-8-12/h1-2,5,12-13H,3-4,6-11H2/t12-,13-/m0/s1. The van der Waals surface area contributed by atoms with E-state index in [0.29, 0.717) is 39.5 Å². The number of halogens is 1. The van der Waals surface area contributed by atoms with Crippen LogP contribution in [0.2, 0.25) is 0 Å². The molecule has 6 nitrogen and oxygen atoms in total. The molecule has 3 aliphatic heterocycles. The second-order valence-corrected chi connectivity index (χ2v) is 6.76.